The fraction of sp³-hybridized carbons (Fsp3) is 0.269. The van der Waals surface area contributed by atoms with Gasteiger partial charge >= 0.3 is 16.2 Å². The van der Waals surface area contributed by atoms with Crippen molar-refractivity contribution in [3.63, 3.8) is 0 Å². The number of aromatic carboxylic acids is 1. The summed E-state index contributed by atoms with van der Waals surface area (Å²) in [5.74, 6) is -0.373. The summed E-state index contributed by atoms with van der Waals surface area (Å²) in [5, 5.41) is 9.71. The molecular formula is C26H29N3O4S2. The van der Waals surface area contributed by atoms with Crippen LogP contribution in [0, 0.1) is 0 Å². The number of anilines is 1. The normalized spacial score (nSPS) is 15.1. The van der Waals surface area contributed by atoms with Gasteiger partial charge in [-0.3, -0.25) is 9.62 Å². The number of nitrogens with zero attached hydrogens (tertiary/aromatic N) is 2. The molecule has 3 aromatic rings. The van der Waals surface area contributed by atoms with Gasteiger partial charge in [-0.05, 0) is 35.7 Å². The van der Waals surface area contributed by atoms with E-state index in [2.05, 4.69) is 33.9 Å². The van der Waals surface area contributed by atoms with Crippen molar-refractivity contribution in [1.29, 1.82) is 0 Å². The first kappa shape index (κ1) is 25.2. The Bertz CT molecular complexity index is 1230. The van der Waals surface area contributed by atoms with Crippen molar-refractivity contribution in [3.8, 4) is 0 Å². The summed E-state index contributed by atoms with van der Waals surface area (Å²) < 4.78 is 29.9. The van der Waals surface area contributed by atoms with Crippen molar-refractivity contribution in [1.82, 2.24) is 9.21 Å². The first-order valence-corrected chi connectivity index (χ1v) is 13.9. The van der Waals surface area contributed by atoms with Gasteiger partial charge in [-0.15, -0.1) is 11.8 Å². The maximum atomic E-state index is 13.0. The summed E-state index contributed by atoms with van der Waals surface area (Å²) in [6.45, 7) is 2.68. The number of benzene rings is 3. The van der Waals surface area contributed by atoms with Crippen LogP contribution < -0.4 is 4.72 Å². The standard InChI is InChI=1S/C26H29N3O4S2/c30-26(31)24-19-23(34-18-13-21-7-3-1-4-8-21)11-12-25(24)27-35(32,33)29-16-14-28(15-17-29)20-22-9-5-2-6-10-22/h1-12,19,27H,13-18,20H2,(H,30,31). The molecule has 9 heteroatoms. The largest absolute Gasteiger partial charge is 0.478 e. The van der Waals surface area contributed by atoms with E-state index in [1.54, 1.807) is 17.8 Å². The minimum Gasteiger partial charge on any atom is -0.478 e. The monoisotopic (exact) mass is 511 g/mol. The second kappa shape index (κ2) is 11.7. The molecule has 0 amide bonds. The van der Waals surface area contributed by atoms with Crippen LogP contribution in [-0.4, -0.2) is 60.6 Å². The van der Waals surface area contributed by atoms with Crippen LogP contribution >= 0.6 is 11.8 Å². The molecule has 0 radical (unpaired) electrons. The second-order valence-electron chi connectivity index (χ2n) is 8.36. The quantitative estimate of drug-likeness (QED) is 0.397. The van der Waals surface area contributed by atoms with E-state index in [0.717, 1.165) is 23.6 Å². The van der Waals surface area contributed by atoms with Crippen molar-refractivity contribution in [3.05, 3.63) is 95.6 Å². The predicted octanol–water partition coefficient (Wildman–Crippen LogP) is 4.19. The third-order valence-electron chi connectivity index (χ3n) is 5.88. The van der Waals surface area contributed by atoms with E-state index in [4.69, 9.17) is 0 Å². The number of carboxylic acid groups (broad SMARTS) is 1. The van der Waals surface area contributed by atoms with Gasteiger partial charge in [0.1, 0.15) is 0 Å². The summed E-state index contributed by atoms with van der Waals surface area (Å²) in [4.78, 5) is 14.9. The molecule has 1 aliphatic rings. The molecule has 0 bridgehead atoms. The SMILES string of the molecule is O=C(O)c1cc(SCCc2ccccc2)ccc1NS(=O)(=O)N1CCN(Cc2ccccc2)CC1. The molecule has 1 fully saturated rings. The third kappa shape index (κ3) is 7.08. The maximum Gasteiger partial charge on any atom is 0.337 e. The number of piperazine rings is 1. The van der Waals surface area contributed by atoms with Crippen molar-refractivity contribution in [2.24, 2.45) is 0 Å². The van der Waals surface area contributed by atoms with Crippen LogP contribution in [0.15, 0.2) is 83.8 Å². The van der Waals surface area contributed by atoms with Gasteiger partial charge in [0, 0.05) is 43.4 Å². The van der Waals surface area contributed by atoms with E-state index in [1.807, 2.05) is 36.4 Å². The van der Waals surface area contributed by atoms with Crippen LogP contribution in [0.25, 0.3) is 0 Å². The highest BCUT2D eigenvalue weighted by atomic mass is 32.2. The average molecular weight is 512 g/mol. The van der Waals surface area contributed by atoms with E-state index >= 15 is 0 Å². The molecule has 35 heavy (non-hydrogen) atoms. The zero-order valence-electron chi connectivity index (χ0n) is 19.3. The molecule has 0 saturated carbocycles. The van der Waals surface area contributed by atoms with E-state index in [9.17, 15) is 18.3 Å². The molecule has 0 aliphatic carbocycles. The second-order valence-corrected chi connectivity index (χ2v) is 11.2. The Kier molecular flexibility index (Phi) is 8.46. The number of aryl methyl sites for hydroxylation is 1. The highest BCUT2D eigenvalue weighted by Gasteiger charge is 2.28. The molecule has 0 atom stereocenters. The van der Waals surface area contributed by atoms with Gasteiger partial charge in [-0.25, -0.2) is 4.79 Å². The van der Waals surface area contributed by atoms with E-state index < -0.39 is 16.2 Å². The first-order valence-electron chi connectivity index (χ1n) is 11.5. The van der Waals surface area contributed by atoms with Crippen LogP contribution in [0.5, 0.6) is 0 Å². The average Bonchev–Trinajstić information content (AvgIpc) is 2.86. The molecule has 184 valence electrons. The molecule has 0 unspecified atom stereocenters. The fourth-order valence-electron chi connectivity index (χ4n) is 3.98. The van der Waals surface area contributed by atoms with Gasteiger partial charge in [0.25, 0.3) is 0 Å². The van der Waals surface area contributed by atoms with Gasteiger partial charge in [-0.1, -0.05) is 60.7 Å². The number of hydrogen-bond donors (Lipinski definition) is 2. The summed E-state index contributed by atoms with van der Waals surface area (Å²) >= 11 is 1.55. The Hall–Kier alpha value is -2.85. The molecule has 1 aliphatic heterocycles. The van der Waals surface area contributed by atoms with Crippen LogP contribution in [0.2, 0.25) is 0 Å². The predicted molar refractivity (Wildman–Crippen MR) is 140 cm³/mol. The zero-order valence-corrected chi connectivity index (χ0v) is 21.0. The maximum absolute atomic E-state index is 13.0. The lowest BCUT2D eigenvalue weighted by atomic mass is 10.2. The highest BCUT2D eigenvalue weighted by Crippen LogP contribution is 2.27. The van der Waals surface area contributed by atoms with Crippen LogP contribution in [-0.2, 0) is 23.2 Å². The summed E-state index contributed by atoms with van der Waals surface area (Å²) in [6, 6.07) is 25.0. The molecular weight excluding hydrogens is 482 g/mol. The molecule has 1 saturated heterocycles. The topological polar surface area (TPSA) is 89.9 Å². The summed E-state index contributed by atoms with van der Waals surface area (Å²) in [5.41, 5.74) is 2.43. The number of nitrogens with one attached hydrogen (secondary N) is 1. The lowest BCUT2D eigenvalue weighted by molar-refractivity contribution is 0.0697. The molecule has 0 aromatic heterocycles. The van der Waals surface area contributed by atoms with Gasteiger partial charge in [0.2, 0.25) is 0 Å². The van der Waals surface area contributed by atoms with Crippen molar-refractivity contribution in [2.75, 3.05) is 36.7 Å². The minimum absolute atomic E-state index is 0.0546. The van der Waals surface area contributed by atoms with Gasteiger partial charge in [0.15, 0.2) is 0 Å². The van der Waals surface area contributed by atoms with E-state index in [0.29, 0.717) is 26.2 Å². The lowest BCUT2D eigenvalue weighted by Gasteiger charge is -2.34. The first-order chi connectivity index (χ1) is 16.9. The van der Waals surface area contributed by atoms with E-state index in [-0.39, 0.29) is 11.3 Å². The third-order valence-corrected chi connectivity index (χ3v) is 8.40. The van der Waals surface area contributed by atoms with Crippen molar-refractivity contribution >= 4 is 33.6 Å². The Morgan fingerprint density at radius 2 is 1.51 bits per heavy atom. The summed E-state index contributed by atoms with van der Waals surface area (Å²) in [7, 11) is -3.87. The van der Waals surface area contributed by atoms with Crippen LogP contribution in [0.1, 0.15) is 21.5 Å². The van der Waals surface area contributed by atoms with Gasteiger partial charge in [-0.2, -0.15) is 12.7 Å². The lowest BCUT2D eigenvalue weighted by Crippen LogP contribution is -2.49. The number of thioether (sulfide) groups is 1. The zero-order chi connectivity index (χ0) is 24.7. The van der Waals surface area contributed by atoms with Gasteiger partial charge in [0.05, 0.1) is 11.3 Å². The van der Waals surface area contributed by atoms with Crippen molar-refractivity contribution in [2.45, 2.75) is 17.9 Å². The molecule has 7 nitrogen and oxygen atoms in total. The highest BCUT2D eigenvalue weighted by molar-refractivity contribution is 7.99. The fourth-order valence-corrected chi connectivity index (χ4v) is 6.15. The van der Waals surface area contributed by atoms with Crippen LogP contribution in [0.4, 0.5) is 5.69 Å². The Morgan fingerprint density at radius 1 is 0.886 bits per heavy atom. The summed E-state index contributed by atoms with van der Waals surface area (Å²) in [6.07, 6.45) is 0.860. The van der Waals surface area contributed by atoms with E-state index in [1.165, 1.54) is 27.6 Å². The molecule has 3 aromatic carbocycles. The smallest absolute Gasteiger partial charge is 0.337 e. The number of carbonyl (C=O) groups is 1. The van der Waals surface area contributed by atoms with Crippen LogP contribution in [0.3, 0.4) is 0 Å². The molecule has 1 heterocycles. The Morgan fingerprint density at radius 3 is 2.14 bits per heavy atom. The Labute approximate surface area is 211 Å². The van der Waals surface area contributed by atoms with Crippen molar-refractivity contribution < 1.29 is 18.3 Å². The number of carboxylic acids is 1. The molecule has 2 N–H and O–H groups in total. The molecule has 4 rings (SSSR count). The Balaban J connectivity index is 1.36. The number of hydrogen-bond acceptors (Lipinski definition) is 5. The minimum atomic E-state index is -3.87. The number of rotatable bonds is 10. The molecule has 0 spiro atoms. The van der Waals surface area contributed by atoms with Gasteiger partial charge < -0.3 is 5.11 Å².